The van der Waals surface area contributed by atoms with Crippen molar-refractivity contribution in [1.29, 1.82) is 0 Å². The predicted octanol–water partition coefficient (Wildman–Crippen LogP) is 2.76. The van der Waals surface area contributed by atoms with Crippen LogP contribution in [0.5, 0.6) is 0 Å². The van der Waals surface area contributed by atoms with Crippen molar-refractivity contribution in [3.63, 3.8) is 0 Å². The Balaban J connectivity index is 1.93. The van der Waals surface area contributed by atoms with E-state index in [9.17, 15) is 5.11 Å². The van der Waals surface area contributed by atoms with Crippen LogP contribution in [-0.2, 0) is 0 Å². The summed E-state index contributed by atoms with van der Waals surface area (Å²) in [6, 6.07) is 0.712. The SMILES string of the molecule is CC1CC(C)C(CN2CC(C)CC2C)C(O)C1. The molecule has 0 bridgehead atoms. The summed E-state index contributed by atoms with van der Waals surface area (Å²) in [6.45, 7) is 11.6. The van der Waals surface area contributed by atoms with Crippen molar-refractivity contribution in [2.75, 3.05) is 13.1 Å². The molecule has 0 radical (unpaired) electrons. The first kappa shape index (κ1) is 13.4. The van der Waals surface area contributed by atoms with Crippen LogP contribution < -0.4 is 0 Å². The Kier molecular flexibility index (Phi) is 4.14. The van der Waals surface area contributed by atoms with Gasteiger partial charge in [0.1, 0.15) is 0 Å². The number of aliphatic hydroxyl groups excluding tert-OH is 1. The molecule has 0 aromatic heterocycles. The summed E-state index contributed by atoms with van der Waals surface area (Å²) < 4.78 is 0. The van der Waals surface area contributed by atoms with Crippen LogP contribution in [0.4, 0.5) is 0 Å². The van der Waals surface area contributed by atoms with Crippen molar-refractivity contribution in [1.82, 2.24) is 4.90 Å². The highest BCUT2D eigenvalue weighted by Crippen LogP contribution is 2.35. The summed E-state index contributed by atoms with van der Waals surface area (Å²) in [5.74, 6) is 2.71. The first-order chi connectivity index (χ1) is 7.97. The molecule has 6 atom stereocenters. The number of hydrogen-bond acceptors (Lipinski definition) is 2. The Hall–Kier alpha value is -0.0800. The van der Waals surface area contributed by atoms with Crippen LogP contribution in [0.15, 0.2) is 0 Å². The third-order valence-corrected chi connectivity index (χ3v) is 5.00. The summed E-state index contributed by atoms with van der Waals surface area (Å²) in [6.07, 6.45) is 3.55. The van der Waals surface area contributed by atoms with Crippen molar-refractivity contribution in [2.45, 2.75) is 59.1 Å². The Morgan fingerprint density at radius 1 is 1.00 bits per heavy atom. The van der Waals surface area contributed by atoms with E-state index in [0.29, 0.717) is 23.8 Å². The van der Waals surface area contributed by atoms with E-state index in [0.717, 1.165) is 18.9 Å². The minimum Gasteiger partial charge on any atom is -0.393 e. The first-order valence-corrected chi connectivity index (χ1v) is 7.39. The predicted molar refractivity (Wildman–Crippen MR) is 71.9 cm³/mol. The van der Waals surface area contributed by atoms with Crippen molar-refractivity contribution in [3.8, 4) is 0 Å². The van der Waals surface area contributed by atoms with Crippen LogP contribution in [0.3, 0.4) is 0 Å². The summed E-state index contributed by atoms with van der Waals surface area (Å²) in [7, 11) is 0. The molecule has 1 saturated heterocycles. The minimum atomic E-state index is -0.0724. The molecule has 0 spiro atoms. The number of aliphatic hydroxyl groups is 1. The molecular weight excluding hydrogens is 210 g/mol. The lowest BCUT2D eigenvalue weighted by Gasteiger charge is -2.39. The molecule has 2 rings (SSSR count). The molecule has 2 nitrogen and oxygen atoms in total. The van der Waals surface area contributed by atoms with Gasteiger partial charge < -0.3 is 10.0 Å². The average Bonchev–Trinajstić information content (AvgIpc) is 2.51. The highest BCUT2D eigenvalue weighted by molar-refractivity contribution is 4.88. The quantitative estimate of drug-likeness (QED) is 0.801. The van der Waals surface area contributed by atoms with Gasteiger partial charge in [0.05, 0.1) is 6.10 Å². The zero-order valence-electron chi connectivity index (χ0n) is 11.9. The molecule has 2 fully saturated rings. The number of rotatable bonds is 2. The molecule has 17 heavy (non-hydrogen) atoms. The fourth-order valence-corrected chi connectivity index (χ4v) is 4.09. The van der Waals surface area contributed by atoms with Crippen LogP contribution in [-0.4, -0.2) is 35.2 Å². The van der Waals surface area contributed by atoms with E-state index in [1.165, 1.54) is 19.4 Å². The van der Waals surface area contributed by atoms with Crippen molar-refractivity contribution in [2.24, 2.45) is 23.7 Å². The molecule has 100 valence electrons. The van der Waals surface area contributed by atoms with Crippen molar-refractivity contribution in [3.05, 3.63) is 0 Å². The second-order valence-corrected chi connectivity index (χ2v) is 6.93. The van der Waals surface area contributed by atoms with Crippen molar-refractivity contribution < 1.29 is 5.11 Å². The average molecular weight is 239 g/mol. The van der Waals surface area contributed by atoms with Crippen LogP contribution in [0, 0.1) is 23.7 Å². The Bertz CT molecular complexity index is 243. The van der Waals surface area contributed by atoms with Gasteiger partial charge in [-0.2, -0.15) is 0 Å². The lowest BCUT2D eigenvalue weighted by molar-refractivity contribution is -0.00329. The van der Waals surface area contributed by atoms with Gasteiger partial charge >= 0.3 is 0 Å². The molecule has 1 N–H and O–H groups in total. The third kappa shape index (κ3) is 3.03. The third-order valence-electron chi connectivity index (χ3n) is 5.00. The summed E-state index contributed by atoms with van der Waals surface area (Å²) >= 11 is 0. The zero-order valence-corrected chi connectivity index (χ0v) is 11.9. The van der Waals surface area contributed by atoms with Gasteiger partial charge in [-0.1, -0.05) is 20.8 Å². The maximum absolute atomic E-state index is 10.3. The maximum atomic E-state index is 10.3. The van der Waals surface area contributed by atoms with E-state index < -0.39 is 0 Å². The molecule has 1 aliphatic carbocycles. The summed E-state index contributed by atoms with van der Waals surface area (Å²) in [5, 5.41) is 10.3. The standard InChI is InChI=1S/C15H29NO/c1-10-5-12(3)14(15(17)7-10)9-16-8-11(2)6-13(16)4/h10-15,17H,5-9H2,1-4H3. The molecule has 0 aromatic carbocycles. The monoisotopic (exact) mass is 239 g/mol. The van der Waals surface area contributed by atoms with E-state index in [-0.39, 0.29) is 6.10 Å². The fraction of sp³-hybridized carbons (Fsp3) is 1.00. The van der Waals surface area contributed by atoms with Crippen LogP contribution in [0.25, 0.3) is 0 Å². The molecule has 1 aliphatic heterocycles. The molecule has 0 aromatic rings. The fourth-order valence-electron chi connectivity index (χ4n) is 4.09. The highest BCUT2D eigenvalue weighted by atomic mass is 16.3. The van der Waals surface area contributed by atoms with E-state index in [1.54, 1.807) is 0 Å². The molecule has 1 saturated carbocycles. The van der Waals surface area contributed by atoms with E-state index in [4.69, 9.17) is 0 Å². The Morgan fingerprint density at radius 2 is 1.71 bits per heavy atom. The van der Waals surface area contributed by atoms with E-state index in [2.05, 4.69) is 32.6 Å². The highest BCUT2D eigenvalue weighted by Gasteiger charge is 2.36. The molecule has 0 amide bonds. The number of likely N-dealkylation sites (tertiary alicyclic amines) is 1. The second-order valence-electron chi connectivity index (χ2n) is 6.93. The largest absolute Gasteiger partial charge is 0.393 e. The maximum Gasteiger partial charge on any atom is 0.0585 e. The van der Waals surface area contributed by atoms with Crippen LogP contribution >= 0.6 is 0 Å². The van der Waals surface area contributed by atoms with Crippen molar-refractivity contribution >= 4 is 0 Å². The Labute approximate surface area is 106 Å². The lowest BCUT2D eigenvalue weighted by atomic mass is 9.73. The van der Waals surface area contributed by atoms with Gasteiger partial charge in [0.25, 0.3) is 0 Å². The lowest BCUT2D eigenvalue weighted by Crippen LogP contribution is -2.43. The number of nitrogens with zero attached hydrogens (tertiary/aromatic N) is 1. The van der Waals surface area contributed by atoms with Crippen LogP contribution in [0.2, 0.25) is 0 Å². The van der Waals surface area contributed by atoms with Gasteiger partial charge in [-0.3, -0.25) is 0 Å². The summed E-state index contributed by atoms with van der Waals surface area (Å²) in [4.78, 5) is 2.60. The molecule has 2 aliphatic rings. The topological polar surface area (TPSA) is 23.5 Å². The van der Waals surface area contributed by atoms with Gasteiger partial charge in [0.15, 0.2) is 0 Å². The zero-order chi connectivity index (χ0) is 12.6. The minimum absolute atomic E-state index is 0.0724. The smallest absolute Gasteiger partial charge is 0.0585 e. The second kappa shape index (κ2) is 5.27. The number of hydrogen-bond donors (Lipinski definition) is 1. The van der Waals surface area contributed by atoms with Gasteiger partial charge in [-0.15, -0.1) is 0 Å². The van der Waals surface area contributed by atoms with Gasteiger partial charge in [-0.05, 0) is 43.9 Å². The van der Waals surface area contributed by atoms with E-state index in [1.807, 2.05) is 0 Å². The van der Waals surface area contributed by atoms with Gasteiger partial charge in [-0.25, -0.2) is 0 Å². The van der Waals surface area contributed by atoms with Gasteiger partial charge in [0.2, 0.25) is 0 Å². The molecule has 1 heterocycles. The van der Waals surface area contributed by atoms with Gasteiger partial charge in [0, 0.05) is 25.0 Å². The molecular formula is C15H29NO. The van der Waals surface area contributed by atoms with Crippen LogP contribution in [0.1, 0.15) is 47.0 Å². The summed E-state index contributed by atoms with van der Waals surface area (Å²) in [5.41, 5.74) is 0. The normalized spacial score (nSPS) is 48.5. The molecule has 2 heteroatoms. The first-order valence-electron chi connectivity index (χ1n) is 7.39. The van der Waals surface area contributed by atoms with E-state index >= 15 is 0 Å². The Morgan fingerprint density at radius 3 is 2.24 bits per heavy atom. The molecule has 6 unspecified atom stereocenters.